The van der Waals surface area contributed by atoms with E-state index in [0.717, 1.165) is 19.3 Å². The van der Waals surface area contributed by atoms with Crippen LogP contribution in [0.5, 0.6) is 11.5 Å². The number of rotatable bonds is 7. The fourth-order valence-electron chi connectivity index (χ4n) is 9.87. The minimum atomic E-state index is -4.10. The maximum atomic E-state index is 17.1. The summed E-state index contributed by atoms with van der Waals surface area (Å²) in [5, 5.41) is 5.78. The molecular formula is C44H57F2N5O9S. The van der Waals surface area contributed by atoms with Crippen LogP contribution in [0, 0.1) is 5.92 Å². The monoisotopic (exact) mass is 869 g/mol. The Morgan fingerprint density at radius 2 is 1.77 bits per heavy atom. The quantitative estimate of drug-likeness (QED) is 0.264. The molecule has 0 radical (unpaired) electrons. The standard InChI is InChI=1S/C44H57F2N5O9S/c1-26(2)35-36-34(30-22-29(58-4)16-17-31(30)47-35)44(45,46)24-42(60-36)23-33-37(52)49-43(39(54)50-61(56,57)41(3)20-21-41)19-18-27(43)12-8-6-5-7-9-15-32(38(53)51(33)25-42)48-40(55)59-28-13-10-11-14-28/h8,12,16-17,22,26-28,32-33H,5-7,9-11,13-15,18-21,23-25H2,1-4H3,(H,48,55)(H,49,52)(H,50,54). The number of fused-ring (bicyclic) bond motifs is 5. The van der Waals surface area contributed by atoms with Gasteiger partial charge < -0.3 is 29.7 Å². The molecule has 1 saturated heterocycles. The predicted molar refractivity (Wildman–Crippen MR) is 221 cm³/mol. The molecule has 4 heterocycles. The number of carbonyl (C=O) groups is 4. The molecule has 17 heteroatoms. The van der Waals surface area contributed by atoms with E-state index in [1.165, 1.54) is 18.1 Å². The van der Waals surface area contributed by atoms with Crippen molar-refractivity contribution < 1.29 is 50.6 Å². The van der Waals surface area contributed by atoms with Crippen molar-refractivity contribution in [1.29, 1.82) is 0 Å². The number of pyridine rings is 1. The van der Waals surface area contributed by atoms with Crippen molar-refractivity contribution in [3.63, 3.8) is 0 Å². The van der Waals surface area contributed by atoms with Gasteiger partial charge in [0.05, 0.1) is 41.6 Å². The maximum absolute atomic E-state index is 17.1. The Labute approximate surface area is 355 Å². The molecule has 2 aromatic rings. The van der Waals surface area contributed by atoms with Crippen LogP contribution in [0.3, 0.4) is 0 Å². The third-order valence-electron chi connectivity index (χ3n) is 13.9. The molecule has 61 heavy (non-hydrogen) atoms. The number of nitrogens with zero attached hydrogens (tertiary/aromatic N) is 2. The molecule has 3 N–H and O–H groups in total. The first-order valence-corrected chi connectivity index (χ1v) is 23.3. The number of hydrogen-bond acceptors (Lipinski definition) is 10. The summed E-state index contributed by atoms with van der Waals surface area (Å²) in [7, 11) is -2.67. The minimum Gasteiger partial charge on any atom is -0.497 e. The number of alkyl carbamates (subject to hydrolysis) is 1. The first kappa shape index (κ1) is 43.1. The number of allylic oxidation sites excluding steroid dienone is 1. The summed E-state index contributed by atoms with van der Waals surface area (Å²) in [5.74, 6) is -6.63. The lowest BCUT2D eigenvalue weighted by Crippen LogP contribution is -2.70. The van der Waals surface area contributed by atoms with Gasteiger partial charge >= 0.3 is 6.09 Å². The molecule has 1 aromatic heterocycles. The maximum Gasteiger partial charge on any atom is 0.408 e. The van der Waals surface area contributed by atoms with Gasteiger partial charge in [-0.2, -0.15) is 0 Å². The lowest BCUT2D eigenvalue weighted by molar-refractivity contribution is -0.145. The highest BCUT2D eigenvalue weighted by atomic mass is 32.2. The third-order valence-corrected chi connectivity index (χ3v) is 16.1. The van der Waals surface area contributed by atoms with E-state index in [2.05, 4.69) is 15.4 Å². The number of nitrogens with one attached hydrogen (secondary N) is 3. The average molecular weight is 870 g/mol. The first-order chi connectivity index (χ1) is 28.9. The van der Waals surface area contributed by atoms with Crippen LogP contribution >= 0.6 is 0 Å². The van der Waals surface area contributed by atoms with Gasteiger partial charge in [-0.3, -0.25) is 19.1 Å². The van der Waals surface area contributed by atoms with Crippen LogP contribution in [-0.4, -0.2) is 89.8 Å². The van der Waals surface area contributed by atoms with Crippen molar-refractivity contribution in [2.24, 2.45) is 5.92 Å². The molecule has 14 nitrogen and oxygen atoms in total. The molecule has 6 aliphatic rings. The van der Waals surface area contributed by atoms with E-state index >= 15 is 8.78 Å². The van der Waals surface area contributed by atoms with Gasteiger partial charge in [0.25, 0.3) is 11.8 Å². The number of ether oxygens (including phenoxy) is 3. The molecule has 1 aromatic carbocycles. The van der Waals surface area contributed by atoms with Gasteiger partial charge in [0.2, 0.25) is 21.8 Å². The number of amides is 4. The number of methoxy groups -OCH3 is 1. The Kier molecular flexibility index (Phi) is 11.3. The van der Waals surface area contributed by atoms with Gasteiger partial charge in [0.15, 0.2) is 5.75 Å². The van der Waals surface area contributed by atoms with Gasteiger partial charge in [0, 0.05) is 17.7 Å². The Balaban J connectivity index is 1.19. The highest BCUT2D eigenvalue weighted by molar-refractivity contribution is 7.91. The van der Waals surface area contributed by atoms with Crippen LogP contribution in [-0.2, 0) is 35.1 Å². The van der Waals surface area contributed by atoms with Crippen molar-refractivity contribution >= 4 is 44.7 Å². The summed E-state index contributed by atoms with van der Waals surface area (Å²) in [5.41, 5.74) is -3.25. The molecule has 1 spiro atoms. The largest absolute Gasteiger partial charge is 0.497 e. The SMILES string of the molecule is COc1ccc2nc(C(C)C)c3c(c2c1)C(F)(F)CC1(CC2C(=O)NC4(C(=O)NS(=O)(=O)C5(C)CC5)CCC4C=CCCCCCC(NC(=O)OC4CCCC4)C(=O)N2C1)O3. The third kappa shape index (κ3) is 8.03. The van der Waals surface area contributed by atoms with E-state index < -0.39 is 86.6 Å². The summed E-state index contributed by atoms with van der Waals surface area (Å²) < 4.78 is 80.0. The number of benzene rings is 1. The lowest BCUT2D eigenvalue weighted by atomic mass is 9.65. The number of sulfonamides is 1. The van der Waals surface area contributed by atoms with Crippen molar-refractivity contribution in [3.05, 3.63) is 41.6 Å². The topological polar surface area (TPSA) is 182 Å². The molecule has 8 rings (SSSR count). The molecule has 3 aliphatic heterocycles. The van der Waals surface area contributed by atoms with Crippen LogP contribution in [0.1, 0.15) is 134 Å². The van der Waals surface area contributed by atoms with Crippen LogP contribution in [0.25, 0.3) is 10.9 Å². The number of hydrogen-bond donors (Lipinski definition) is 3. The zero-order valence-corrected chi connectivity index (χ0v) is 36.1. The van der Waals surface area contributed by atoms with Gasteiger partial charge in [-0.1, -0.05) is 38.8 Å². The molecule has 0 bridgehead atoms. The van der Waals surface area contributed by atoms with Crippen LogP contribution in [0.15, 0.2) is 30.4 Å². The molecule has 5 atom stereocenters. The predicted octanol–water partition coefficient (Wildman–Crippen LogP) is 6.40. The van der Waals surface area contributed by atoms with Crippen molar-refractivity contribution in [2.45, 2.75) is 163 Å². The van der Waals surface area contributed by atoms with Gasteiger partial charge in [-0.05, 0) is 102 Å². The van der Waals surface area contributed by atoms with Crippen molar-refractivity contribution in [2.75, 3.05) is 13.7 Å². The Morgan fingerprint density at radius 1 is 1.03 bits per heavy atom. The normalized spacial score (nSPS) is 29.9. The minimum absolute atomic E-state index is 0.108. The number of halogens is 2. The second-order valence-corrected chi connectivity index (χ2v) is 20.9. The van der Waals surface area contributed by atoms with Gasteiger partial charge in [0.1, 0.15) is 35.1 Å². The Bertz CT molecular complexity index is 2240. The van der Waals surface area contributed by atoms with E-state index in [0.29, 0.717) is 62.6 Å². The van der Waals surface area contributed by atoms with Gasteiger partial charge in [-0.25, -0.2) is 27.0 Å². The fourth-order valence-corrected chi connectivity index (χ4v) is 11.2. The molecule has 5 unspecified atom stereocenters. The molecular weight excluding hydrogens is 813 g/mol. The zero-order valence-electron chi connectivity index (χ0n) is 35.3. The van der Waals surface area contributed by atoms with Crippen LogP contribution < -0.4 is 24.8 Å². The first-order valence-electron chi connectivity index (χ1n) is 21.8. The van der Waals surface area contributed by atoms with Crippen LogP contribution in [0.2, 0.25) is 0 Å². The van der Waals surface area contributed by atoms with Crippen molar-refractivity contribution in [3.8, 4) is 11.5 Å². The Hall–Kier alpha value is -4.54. The molecule has 4 fully saturated rings. The number of aromatic nitrogens is 1. The summed E-state index contributed by atoms with van der Waals surface area (Å²) >= 11 is 0. The summed E-state index contributed by atoms with van der Waals surface area (Å²) in [6.07, 6.45) is 8.74. The second kappa shape index (κ2) is 16.0. The molecule has 3 aliphatic carbocycles. The summed E-state index contributed by atoms with van der Waals surface area (Å²) in [6.45, 7) is 4.74. The molecule has 3 saturated carbocycles. The average Bonchev–Trinajstić information content (AvgIpc) is 3.58. The molecule has 332 valence electrons. The van der Waals surface area contributed by atoms with E-state index in [4.69, 9.17) is 19.2 Å². The van der Waals surface area contributed by atoms with E-state index in [1.807, 2.05) is 26.0 Å². The van der Waals surface area contributed by atoms with E-state index in [9.17, 15) is 27.6 Å². The fraction of sp³-hybridized carbons (Fsp3) is 0.659. The number of alkyl halides is 2. The lowest BCUT2D eigenvalue weighted by Gasteiger charge is -2.48. The molecule has 4 amide bonds. The highest BCUT2D eigenvalue weighted by Crippen LogP contribution is 2.55. The zero-order chi connectivity index (χ0) is 43.5. The van der Waals surface area contributed by atoms with E-state index in [1.54, 1.807) is 19.1 Å². The van der Waals surface area contributed by atoms with Crippen LogP contribution in [0.4, 0.5) is 13.6 Å². The summed E-state index contributed by atoms with van der Waals surface area (Å²) in [6, 6.07) is 2.14. The van der Waals surface area contributed by atoms with Crippen molar-refractivity contribution in [1.82, 2.24) is 25.2 Å². The summed E-state index contributed by atoms with van der Waals surface area (Å²) in [4.78, 5) is 63.4. The highest BCUT2D eigenvalue weighted by Gasteiger charge is 2.62. The van der Waals surface area contributed by atoms with E-state index in [-0.39, 0.29) is 53.7 Å². The van der Waals surface area contributed by atoms with Gasteiger partial charge in [-0.15, -0.1) is 0 Å². The second-order valence-electron chi connectivity index (χ2n) is 18.7. The Morgan fingerprint density at radius 3 is 2.44 bits per heavy atom. The smallest absolute Gasteiger partial charge is 0.408 e. The number of carbonyl (C=O) groups excluding carboxylic acids is 4.